The summed E-state index contributed by atoms with van der Waals surface area (Å²) in [7, 11) is 0. The average molecular weight is 236 g/mol. The molecule has 0 fully saturated rings. The fourth-order valence-corrected chi connectivity index (χ4v) is 3.27. The van der Waals surface area contributed by atoms with E-state index in [1.165, 1.54) is 43.4 Å². The smallest absolute Gasteiger partial charge is 0.172 e. The standard InChI is InChI=1S/C14H20OS/c15-13-9-7-5-3-1-2-4-6-8-12-10-11-14(13)16-12/h10-11H,1-9H2. The van der Waals surface area contributed by atoms with Gasteiger partial charge in [-0.1, -0.05) is 32.1 Å². The van der Waals surface area contributed by atoms with Crippen molar-refractivity contribution in [2.24, 2.45) is 0 Å². The SMILES string of the molecule is O=C1CCCCCCCCCc2ccc1s2. The maximum atomic E-state index is 11.9. The Balaban J connectivity index is 1.99. The molecule has 2 bridgehead atoms. The van der Waals surface area contributed by atoms with Crippen LogP contribution in [0.1, 0.15) is 65.9 Å². The maximum Gasteiger partial charge on any atom is 0.172 e. The van der Waals surface area contributed by atoms with Gasteiger partial charge < -0.3 is 0 Å². The first-order valence-electron chi connectivity index (χ1n) is 6.48. The molecular weight excluding hydrogens is 216 g/mol. The zero-order valence-corrected chi connectivity index (χ0v) is 10.7. The summed E-state index contributed by atoms with van der Waals surface area (Å²) in [4.78, 5) is 14.2. The highest BCUT2D eigenvalue weighted by atomic mass is 32.1. The second kappa shape index (κ2) is 6.19. The number of aryl methyl sites for hydroxylation is 1. The van der Waals surface area contributed by atoms with E-state index in [2.05, 4.69) is 6.07 Å². The molecule has 88 valence electrons. The van der Waals surface area contributed by atoms with Gasteiger partial charge >= 0.3 is 0 Å². The summed E-state index contributed by atoms with van der Waals surface area (Å²) < 4.78 is 0. The van der Waals surface area contributed by atoms with Crippen molar-refractivity contribution in [1.29, 1.82) is 0 Å². The Hall–Kier alpha value is -0.630. The molecule has 0 radical (unpaired) electrons. The Morgan fingerprint density at radius 1 is 0.812 bits per heavy atom. The molecule has 1 nitrogen and oxygen atoms in total. The lowest BCUT2D eigenvalue weighted by atomic mass is 10.0. The molecule has 2 rings (SSSR count). The van der Waals surface area contributed by atoms with Gasteiger partial charge in [0.15, 0.2) is 5.78 Å². The van der Waals surface area contributed by atoms with Crippen molar-refractivity contribution in [3.8, 4) is 0 Å². The van der Waals surface area contributed by atoms with Gasteiger partial charge in [0, 0.05) is 11.3 Å². The van der Waals surface area contributed by atoms with Crippen LogP contribution in [0.4, 0.5) is 0 Å². The molecule has 2 heterocycles. The monoisotopic (exact) mass is 236 g/mol. The minimum Gasteiger partial charge on any atom is -0.293 e. The van der Waals surface area contributed by atoms with Gasteiger partial charge in [0.1, 0.15) is 0 Å². The fourth-order valence-electron chi connectivity index (χ4n) is 2.25. The molecule has 0 saturated heterocycles. The number of fused-ring (bicyclic) bond motifs is 2. The molecule has 0 spiro atoms. The molecule has 0 aromatic carbocycles. The third kappa shape index (κ3) is 3.44. The predicted molar refractivity (Wildman–Crippen MR) is 69.3 cm³/mol. The van der Waals surface area contributed by atoms with E-state index in [4.69, 9.17) is 0 Å². The molecule has 1 aliphatic heterocycles. The Bertz CT molecular complexity index is 340. The molecule has 1 aliphatic rings. The number of ketones is 1. The molecule has 1 aromatic heterocycles. The Morgan fingerprint density at radius 2 is 1.44 bits per heavy atom. The van der Waals surface area contributed by atoms with Crippen LogP contribution in [0, 0.1) is 0 Å². The lowest BCUT2D eigenvalue weighted by Gasteiger charge is -2.00. The quantitative estimate of drug-likeness (QED) is 0.643. The van der Waals surface area contributed by atoms with Gasteiger partial charge in [-0.3, -0.25) is 4.79 Å². The number of hydrogen-bond donors (Lipinski definition) is 0. The van der Waals surface area contributed by atoms with Crippen LogP contribution in [0.3, 0.4) is 0 Å². The van der Waals surface area contributed by atoms with Crippen LogP contribution in [0.2, 0.25) is 0 Å². The van der Waals surface area contributed by atoms with Crippen molar-refractivity contribution in [2.45, 2.75) is 57.8 Å². The highest BCUT2D eigenvalue weighted by Crippen LogP contribution is 2.22. The van der Waals surface area contributed by atoms with Gasteiger partial charge in [-0.15, -0.1) is 11.3 Å². The molecule has 0 atom stereocenters. The molecule has 0 amide bonds. The molecule has 0 unspecified atom stereocenters. The van der Waals surface area contributed by atoms with E-state index in [1.54, 1.807) is 11.3 Å². The first kappa shape index (κ1) is 11.8. The number of rotatable bonds is 0. The number of Topliss-reactive ketones (excluding diaryl/α,β-unsaturated/α-hetero) is 1. The van der Waals surface area contributed by atoms with Gasteiger partial charge in [0.25, 0.3) is 0 Å². The van der Waals surface area contributed by atoms with Crippen molar-refractivity contribution < 1.29 is 4.79 Å². The Kier molecular flexibility index (Phi) is 4.58. The number of hydrogen-bond acceptors (Lipinski definition) is 2. The molecule has 1 aromatic rings. The van der Waals surface area contributed by atoms with Gasteiger partial charge in [0.2, 0.25) is 0 Å². The van der Waals surface area contributed by atoms with Gasteiger partial charge in [-0.05, 0) is 31.4 Å². The minimum atomic E-state index is 0.357. The van der Waals surface area contributed by atoms with E-state index < -0.39 is 0 Å². The first-order chi connectivity index (χ1) is 7.86. The lowest BCUT2D eigenvalue weighted by molar-refractivity contribution is 0.0983. The largest absolute Gasteiger partial charge is 0.293 e. The van der Waals surface area contributed by atoms with Crippen LogP contribution >= 0.6 is 11.3 Å². The van der Waals surface area contributed by atoms with E-state index in [0.717, 1.165) is 24.1 Å². The van der Waals surface area contributed by atoms with Crippen LogP contribution in [0.5, 0.6) is 0 Å². The van der Waals surface area contributed by atoms with Crippen LogP contribution in [0.15, 0.2) is 12.1 Å². The van der Waals surface area contributed by atoms with E-state index >= 15 is 0 Å². The summed E-state index contributed by atoms with van der Waals surface area (Å²) in [6.07, 6.45) is 10.9. The average Bonchev–Trinajstić information content (AvgIpc) is 2.75. The number of carbonyl (C=O) groups excluding carboxylic acids is 1. The highest BCUT2D eigenvalue weighted by Gasteiger charge is 2.09. The molecule has 0 saturated carbocycles. The van der Waals surface area contributed by atoms with E-state index in [-0.39, 0.29) is 0 Å². The lowest BCUT2D eigenvalue weighted by Crippen LogP contribution is -1.95. The first-order valence-corrected chi connectivity index (χ1v) is 7.30. The zero-order valence-electron chi connectivity index (χ0n) is 9.84. The van der Waals surface area contributed by atoms with Crippen LogP contribution in [-0.4, -0.2) is 5.78 Å². The topological polar surface area (TPSA) is 17.1 Å². The molecule has 16 heavy (non-hydrogen) atoms. The van der Waals surface area contributed by atoms with Gasteiger partial charge in [-0.2, -0.15) is 0 Å². The molecule has 2 heteroatoms. The second-order valence-electron chi connectivity index (χ2n) is 4.66. The van der Waals surface area contributed by atoms with Crippen molar-refractivity contribution >= 4 is 17.1 Å². The van der Waals surface area contributed by atoms with E-state index in [0.29, 0.717) is 5.78 Å². The summed E-state index contributed by atoms with van der Waals surface area (Å²) >= 11 is 1.71. The summed E-state index contributed by atoms with van der Waals surface area (Å²) in [5.41, 5.74) is 0. The van der Waals surface area contributed by atoms with Crippen molar-refractivity contribution in [3.63, 3.8) is 0 Å². The minimum absolute atomic E-state index is 0.357. The van der Waals surface area contributed by atoms with Crippen molar-refractivity contribution in [2.75, 3.05) is 0 Å². The summed E-state index contributed by atoms with van der Waals surface area (Å²) in [5.74, 6) is 0.357. The summed E-state index contributed by atoms with van der Waals surface area (Å²) in [6.45, 7) is 0. The van der Waals surface area contributed by atoms with Gasteiger partial charge in [0.05, 0.1) is 4.88 Å². The van der Waals surface area contributed by atoms with E-state index in [1.807, 2.05) is 6.07 Å². The van der Waals surface area contributed by atoms with Crippen molar-refractivity contribution in [1.82, 2.24) is 0 Å². The number of thiophene rings is 1. The highest BCUT2D eigenvalue weighted by molar-refractivity contribution is 7.14. The Morgan fingerprint density at radius 3 is 2.19 bits per heavy atom. The predicted octanol–water partition coefficient (Wildman–Crippen LogP) is 4.61. The van der Waals surface area contributed by atoms with Gasteiger partial charge in [-0.25, -0.2) is 0 Å². The van der Waals surface area contributed by atoms with Crippen LogP contribution in [0.25, 0.3) is 0 Å². The third-order valence-corrected chi connectivity index (χ3v) is 4.45. The maximum absolute atomic E-state index is 11.9. The molecule has 0 N–H and O–H groups in total. The normalized spacial score (nSPS) is 19.6. The van der Waals surface area contributed by atoms with Crippen LogP contribution in [-0.2, 0) is 6.42 Å². The fraction of sp³-hybridized carbons (Fsp3) is 0.643. The Labute approximate surface area is 102 Å². The number of carbonyl (C=O) groups is 1. The van der Waals surface area contributed by atoms with Crippen LogP contribution < -0.4 is 0 Å². The molecule has 0 aliphatic carbocycles. The summed E-state index contributed by atoms with van der Waals surface area (Å²) in [6, 6.07) is 4.16. The van der Waals surface area contributed by atoms with Crippen molar-refractivity contribution in [3.05, 3.63) is 21.9 Å². The van der Waals surface area contributed by atoms with E-state index in [9.17, 15) is 4.79 Å². The third-order valence-electron chi connectivity index (χ3n) is 3.26. The molecular formula is C14H20OS. The zero-order chi connectivity index (χ0) is 11.2. The summed E-state index contributed by atoms with van der Waals surface area (Å²) in [5, 5.41) is 0. The second-order valence-corrected chi connectivity index (χ2v) is 5.83.